The molecule has 2 N–H and O–H groups in total. The molecule has 2 aliphatic heterocycles. The minimum absolute atomic E-state index is 0.185. The van der Waals surface area contributed by atoms with Crippen molar-refractivity contribution in [1.29, 1.82) is 0 Å². The fraction of sp³-hybridized carbons (Fsp3) is 0.385. The second kappa shape index (κ2) is 9.98. The number of ether oxygens (including phenoxy) is 2. The Kier molecular flexibility index (Phi) is 6.60. The van der Waals surface area contributed by atoms with Crippen molar-refractivity contribution in [1.82, 2.24) is 19.8 Å². The minimum Gasteiger partial charge on any atom is -0.493 e. The normalized spacial score (nSPS) is 16.1. The van der Waals surface area contributed by atoms with E-state index in [-0.39, 0.29) is 11.8 Å². The lowest BCUT2D eigenvalue weighted by atomic mass is 10.1. The van der Waals surface area contributed by atoms with Crippen molar-refractivity contribution in [3.8, 4) is 11.5 Å². The summed E-state index contributed by atoms with van der Waals surface area (Å²) in [7, 11) is 3.17. The zero-order valence-corrected chi connectivity index (χ0v) is 20.6. The van der Waals surface area contributed by atoms with Crippen molar-refractivity contribution in [2.24, 2.45) is 0 Å². The van der Waals surface area contributed by atoms with Crippen LogP contribution in [0.25, 0.3) is 10.9 Å². The number of anilines is 2. The van der Waals surface area contributed by atoms with Gasteiger partial charge < -0.3 is 20.1 Å². The van der Waals surface area contributed by atoms with Crippen LogP contribution in [0.15, 0.2) is 36.4 Å². The number of carbonyl (C=O) groups is 2. The predicted molar refractivity (Wildman–Crippen MR) is 137 cm³/mol. The summed E-state index contributed by atoms with van der Waals surface area (Å²) in [5, 5.41) is 0.730. The molecule has 0 bridgehead atoms. The van der Waals surface area contributed by atoms with Crippen LogP contribution >= 0.6 is 0 Å². The van der Waals surface area contributed by atoms with E-state index in [0.717, 1.165) is 51.0 Å². The Morgan fingerprint density at radius 1 is 0.861 bits per heavy atom. The number of unbranched alkanes of at least 4 members (excludes halogenated alkanes) is 1. The van der Waals surface area contributed by atoms with Crippen LogP contribution in [0.1, 0.15) is 33.6 Å². The summed E-state index contributed by atoms with van der Waals surface area (Å²) in [5.74, 6) is 1.83. The first kappa shape index (κ1) is 23.8. The van der Waals surface area contributed by atoms with Crippen LogP contribution in [-0.2, 0) is 0 Å². The molecule has 10 nitrogen and oxygen atoms in total. The largest absolute Gasteiger partial charge is 0.493 e. The third-order valence-corrected chi connectivity index (χ3v) is 6.86. The highest BCUT2D eigenvalue weighted by molar-refractivity contribution is 6.21. The summed E-state index contributed by atoms with van der Waals surface area (Å²) in [6.45, 7) is 4.69. The van der Waals surface area contributed by atoms with Crippen molar-refractivity contribution < 1.29 is 19.1 Å². The predicted octanol–water partition coefficient (Wildman–Crippen LogP) is 2.43. The lowest BCUT2D eigenvalue weighted by Gasteiger charge is -2.35. The zero-order chi connectivity index (χ0) is 25.2. The Labute approximate surface area is 209 Å². The molecule has 188 valence electrons. The van der Waals surface area contributed by atoms with Crippen LogP contribution < -0.4 is 20.1 Å². The van der Waals surface area contributed by atoms with E-state index in [2.05, 4.69) is 14.8 Å². The Bertz CT molecular complexity index is 1270. The molecule has 3 heterocycles. The number of nitrogen functional groups attached to an aromatic ring is 1. The van der Waals surface area contributed by atoms with Crippen LogP contribution in [0.4, 0.5) is 11.8 Å². The Hall–Kier alpha value is -3.92. The lowest BCUT2D eigenvalue weighted by Crippen LogP contribution is -2.47. The van der Waals surface area contributed by atoms with Gasteiger partial charge in [-0.3, -0.25) is 19.4 Å². The number of rotatable bonds is 8. The van der Waals surface area contributed by atoms with Gasteiger partial charge in [-0.25, -0.2) is 4.98 Å². The van der Waals surface area contributed by atoms with E-state index in [1.54, 1.807) is 44.6 Å². The summed E-state index contributed by atoms with van der Waals surface area (Å²) >= 11 is 0. The SMILES string of the molecule is COc1cc2nc(N3CCN(CCCCN4C(=O)c5ccccc5C4=O)CC3)nc(N)c2cc1OC. The van der Waals surface area contributed by atoms with Gasteiger partial charge in [0.05, 0.1) is 30.9 Å². The summed E-state index contributed by atoms with van der Waals surface area (Å²) in [6.07, 6.45) is 1.69. The number of aromatic nitrogens is 2. The van der Waals surface area contributed by atoms with Gasteiger partial charge in [-0.15, -0.1) is 0 Å². The molecular weight excluding hydrogens is 460 g/mol. The molecule has 2 amide bonds. The second-order valence-electron chi connectivity index (χ2n) is 8.98. The van der Waals surface area contributed by atoms with E-state index in [1.165, 1.54) is 4.90 Å². The fourth-order valence-corrected chi connectivity index (χ4v) is 4.83. The third kappa shape index (κ3) is 4.39. The molecule has 2 aliphatic rings. The number of hydrogen-bond donors (Lipinski definition) is 1. The summed E-state index contributed by atoms with van der Waals surface area (Å²) in [4.78, 5) is 40.2. The van der Waals surface area contributed by atoms with E-state index in [4.69, 9.17) is 20.2 Å². The fourth-order valence-electron chi connectivity index (χ4n) is 4.83. The highest BCUT2D eigenvalue weighted by Gasteiger charge is 2.34. The molecule has 3 aromatic rings. The monoisotopic (exact) mass is 490 g/mol. The highest BCUT2D eigenvalue weighted by atomic mass is 16.5. The average molecular weight is 491 g/mol. The maximum atomic E-state index is 12.5. The first-order chi connectivity index (χ1) is 17.5. The van der Waals surface area contributed by atoms with E-state index >= 15 is 0 Å². The molecule has 36 heavy (non-hydrogen) atoms. The van der Waals surface area contributed by atoms with E-state index in [0.29, 0.717) is 46.5 Å². The second-order valence-corrected chi connectivity index (χ2v) is 8.98. The molecule has 0 atom stereocenters. The number of amides is 2. The third-order valence-electron chi connectivity index (χ3n) is 6.86. The zero-order valence-electron chi connectivity index (χ0n) is 20.6. The van der Waals surface area contributed by atoms with E-state index < -0.39 is 0 Å². The van der Waals surface area contributed by atoms with Gasteiger partial charge in [-0.2, -0.15) is 4.98 Å². The summed E-state index contributed by atoms with van der Waals surface area (Å²) in [6, 6.07) is 10.6. The van der Waals surface area contributed by atoms with Crippen LogP contribution in [0, 0.1) is 0 Å². The first-order valence-electron chi connectivity index (χ1n) is 12.1. The van der Waals surface area contributed by atoms with Crippen molar-refractivity contribution >= 4 is 34.5 Å². The number of carbonyl (C=O) groups excluding carboxylic acids is 2. The topological polar surface area (TPSA) is 114 Å². The molecule has 0 saturated carbocycles. The number of hydrogen-bond acceptors (Lipinski definition) is 9. The number of nitrogens with two attached hydrogens (primary N) is 1. The molecule has 1 aromatic heterocycles. The molecule has 0 spiro atoms. The number of benzene rings is 2. The smallest absolute Gasteiger partial charge is 0.261 e. The Morgan fingerprint density at radius 2 is 1.47 bits per heavy atom. The van der Waals surface area contributed by atoms with Crippen LogP contribution in [0.2, 0.25) is 0 Å². The van der Waals surface area contributed by atoms with Gasteiger partial charge in [0.15, 0.2) is 11.5 Å². The minimum atomic E-state index is -0.185. The summed E-state index contributed by atoms with van der Waals surface area (Å²) in [5.41, 5.74) is 7.98. The molecule has 1 saturated heterocycles. The number of piperazine rings is 1. The van der Waals surface area contributed by atoms with Gasteiger partial charge in [0.25, 0.3) is 11.8 Å². The van der Waals surface area contributed by atoms with Crippen LogP contribution in [-0.4, -0.2) is 85.1 Å². The molecule has 0 aliphatic carbocycles. The quantitative estimate of drug-likeness (QED) is 0.376. The summed E-state index contributed by atoms with van der Waals surface area (Å²) < 4.78 is 10.8. The number of fused-ring (bicyclic) bond motifs is 2. The van der Waals surface area contributed by atoms with Gasteiger partial charge >= 0.3 is 0 Å². The molecule has 0 radical (unpaired) electrons. The van der Waals surface area contributed by atoms with Gasteiger partial charge in [-0.05, 0) is 37.6 Å². The van der Waals surface area contributed by atoms with Crippen molar-refractivity contribution in [3.05, 3.63) is 47.5 Å². The Balaban J connectivity index is 1.13. The number of methoxy groups -OCH3 is 2. The molecule has 2 aromatic carbocycles. The van der Waals surface area contributed by atoms with Crippen molar-refractivity contribution in [3.63, 3.8) is 0 Å². The van der Waals surface area contributed by atoms with Gasteiger partial charge in [-0.1, -0.05) is 12.1 Å². The van der Waals surface area contributed by atoms with E-state index in [1.807, 2.05) is 6.07 Å². The van der Waals surface area contributed by atoms with Crippen molar-refractivity contribution in [2.75, 3.05) is 64.1 Å². The van der Waals surface area contributed by atoms with Gasteiger partial charge in [0, 0.05) is 44.2 Å². The molecule has 5 rings (SSSR count). The molecule has 1 fully saturated rings. The van der Waals surface area contributed by atoms with Crippen LogP contribution in [0.5, 0.6) is 11.5 Å². The molecule has 0 unspecified atom stereocenters. The molecular formula is C26H30N6O4. The van der Waals surface area contributed by atoms with Gasteiger partial charge in [0.1, 0.15) is 5.82 Å². The van der Waals surface area contributed by atoms with Gasteiger partial charge in [0.2, 0.25) is 5.95 Å². The lowest BCUT2D eigenvalue weighted by molar-refractivity contribution is 0.0650. The highest BCUT2D eigenvalue weighted by Crippen LogP contribution is 2.34. The number of imide groups is 1. The van der Waals surface area contributed by atoms with E-state index in [9.17, 15) is 9.59 Å². The standard InChI is InChI=1S/C26H30N6O4/c1-35-21-15-19-20(16-22(21)36-2)28-26(29-23(19)27)31-13-11-30(12-14-31)9-5-6-10-32-24(33)17-7-3-4-8-18(17)25(32)34/h3-4,7-8,15-16H,5-6,9-14H2,1-2H3,(H2,27,28,29). The van der Waals surface area contributed by atoms with Crippen LogP contribution in [0.3, 0.4) is 0 Å². The first-order valence-corrected chi connectivity index (χ1v) is 12.1. The van der Waals surface area contributed by atoms with Crippen molar-refractivity contribution in [2.45, 2.75) is 12.8 Å². The maximum absolute atomic E-state index is 12.5. The number of nitrogens with zero attached hydrogens (tertiary/aromatic N) is 5. The maximum Gasteiger partial charge on any atom is 0.261 e. The Morgan fingerprint density at radius 3 is 2.11 bits per heavy atom. The average Bonchev–Trinajstić information content (AvgIpc) is 3.15. The molecule has 10 heteroatoms.